The molecule has 0 unspecified atom stereocenters. The standard InChI is InChI=1S/C12H14FNO3/c1-7-5-9(3-4-10(7)13)6-11(12(16)17)14-8(2)15/h3-5,11H,6H2,1-2H3,(H,14,15)(H,16,17)/t11-/m1/s1. The fourth-order valence-corrected chi connectivity index (χ4v) is 1.51. The summed E-state index contributed by atoms with van der Waals surface area (Å²) in [5.74, 6) is -1.85. The van der Waals surface area contributed by atoms with Gasteiger partial charge in [-0.15, -0.1) is 0 Å². The number of benzene rings is 1. The number of carboxylic acids is 1. The first kappa shape index (κ1) is 13.2. The van der Waals surface area contributed by atoms with Crippen LogP contribution in [0, 0.1) is 12.7 Å². The van der Waals surface area contributed by atoms with E-state index in [0.29, 0.717) is 11.1 Å². The van der Waals surface area contributed by atoms with Crippen LogP contribution >= 0.6 is 0 Å². The number of nitrogens with one attached hydrogen (secondary N) is 1. The van der Waals surface area contributed by atoms with Gasteiger partial charge in [-0.1, -0.05) is 12.1 Å². The second-order valence-corrected chi connectivity index (χ2v) is 3.88. The quantitative estimate of drug-likeness (QED) is 0.831. The van der Waals surface area contributed by atoms with Crippen LogP contribution < -0.4 is 5.32 Å². The first-order chi connectivity index (χ1) is 7.90. The van der Waals surface area contributed by atoms with Crippen molar-refractivity contribution in [2.45, 2.75) is 26.3 Å². The third kappa shape index (κ3) is 3.86. The van der Waals surface area contributed by atoms with E-state index in [9.17, 15) is 14.0 Å². The summed E-state index contributed by atoms with van der Waals surface area (Å²) in [6, 6.07) is 3.39. The summed E-state index contributed by atoms with van der Waals surface area (Å²) in [6.07, 6.45) is 0.135. The Balaban J connectivity index is 2.82. The molecule has 0 saturated carbocycles. The molecule has 1 aromatic rings. The van der Waals surface area contributed by atoms with Gasteiger partial charge in [-0.2, -0.15) is 0 Å². The Bertz CT molecular complexity index is 445. The lowest BCUT2D eigenvalue weighted by atomic mass is 10.0. The summed E-state index contributed by atoms with van der Waals surface area (Å²) in [7, 11) is 0. The van der Waals surface area contributed by atoms with Crippen molar-refractivity contribution in [3.05, 3.63) is 35.1 Å². The van der Waals surface area contributed by atoms with Crippen LogP contribution in [0.5, 0.6) is 0 Å². The lowest BCUT2D eigenvalue weighted by Crippen LogP contribution is -2.41. The fourth-order valence-electron chi connectivity index (χ4n) is 1.51. The second kappa shape index (κ2) is 5.43. The highest BCUT2D eigenvalue weighted by Gasteiger charge is 2.18. The average Bonchev–Trinajstić information content (AvgIpc) is 2.21. The van der Waals surface area contributed by atoms with Gasteiger partial charge in [-0.25, -0.2) is 9.18 Å². The maximum Gasteiger partial charge on any atom is 0.326 e. The molecule has 0 aliphatic carbocycles. The molecule has 1 aromatic carbocycles. The third-order valence-electron chi connectivity index (χ3n) is 2.34. The van der Waals surface area contributed by atoms with Crippen molar-refractivity contribution in [1.29, 1.82) is 0 Å². The first-order valence-electron chi connectivity index (χ1n) is 5.15. The number of halogens is 1. The molecule has 0 spiro atoms. The zero-order valence-electron chi connectivity index (χ0n) is 9.66. The minimum atomic E-state index is -1.11. The highest BCUT2D eigenvalue weighted by Crippen LogP contribution is 2.11. The van der Waals surface area contributed by atoms with Gasteiger partial charge in [0.25, 0.3) is 0 Å². The largest absolute Gasteiger partial charge is 0.480 e. The molecule has 0 aliphatic heterocycles. The number of carbonyl (C=O) groups is 2. The van der Waals surface area contributed by atoms with Gasteiger partial charge >= 0.3 is 5.97 Å². The van der Waals surface area contributed by atoms with Gasteiger partial charge in [0.15, 0.2) is 0 Å². The summed E-state index contributed by atoms with van der Waals surface area (Å²) >= 11 is 0. The molecule has 0 aliphatic rings. The number of hydrogen-bond donors (Lipinski definition) is 2. The van der Waals surface area contributed by atoms with Gasteiger partial charge in [-0.3, -0.25) is 4.79 Å². The summed E-state index contributed by atoms with van der Waals surface area (Å²) in [6.45, 7) is 2.86. The van der Waals surface area contributed by atoms with Gasteiger partial charge in [0.05, 0.1) is 0 Å². The summed E-state index contributed by atoms with van der Waals surface area (Å²) < 4.78 is 13.0. The molecule has 0 heterocycles. The summed E-state index contributed by atoms with van der Waals surface area (Å²) in [5, 5.41) is 11.2. The van der Waals surface area contributed by atoms with Crippen LogP contribution in [0.2, 0.25) is 0 Å². The fraction of sp³-hybridized carbons (Fsp3) is 0.333. The predicted molar refractivity (Wildman–Crippen MR) is 60.1 cm³/mol. The zero-order chi connectivity index (χ0) is 13.0. The second-order valence-electron chi connectivity index (χ2n) is 3.88. The van der Waals surface area contributed by atoms with E-state index in [2.05, 4.69) is 5.32 Å². The Morgan fingerprint density at radius 3 is 2.59 bits per heavy atom. The van der Waals surface area contributed by atoms with Crippen LogP contribution in [0.4, 0.5) is 4.39 Å². The van der Waals surface area contributed by atoms with Crippen LogP contribution in [0.25, 0.3) is 0 Å². The smallest absolute Gasteiger partial charge is 0.326 e. The summed E-state index contributed by atoms with van der Waals surface area (Å²) in [5.41, 5.74) is 1.12. The molecule has 4 nitrogen and oxygen atoms in total. The lowest BCUT2D eigenvalue weighted by molar-refractivity contribution is -0.141. The van der Waals surface area contributed by atoms with Crippen molar-refractivity contribution >= 4 is 11.9 Å². The Morgan fingerprint density at radius 2 is 2.12 bits per heavy atom. The molecule has 0 fully saturated rings. The Morgan fingerprint density at radius 1 is 1.47 bits per heavy atom. The third-order valence-corrected chi connectivity index (χ3v) is 2.34. The molecule has 1 amide bonds. The molecule has 0 radical (unpaired) electrons. The van der Waals surface area contributed by atoms with Crippen molar-refractivity contribution < 1.29 is 19.1 Å². The first-order valence-corrected chi connectivity index (χ1v) is 5.15. The number of rotatable bonds is 4. The van der Waals surface area contributed by atoms with Crippen LogP contribution in [-0.2, 0) is 16.0 Å². The Kier molecular flexibility index (Phi) is 4.20. The van der Waals surface area contributed by atoms with E-state index in [0.717, 1.165) is 0 Å². The van der Waals surface area contributed by atoms with Gasteiger partial charge < -0.3 is 10.4 Å². The van der Waals surface area contributed by atoms with Gasteiger partial charge in [-0.05, 0) is 24.1 Å². The van der Waals surface area contributed by atoms with E-state index < -0.39 is 17.9 Å². The number of aryl methyl sites for hydroxylation is 1. The Hall–Kier alpha value is -1.91. The SMILES string of the molecule is CC(=O)N[C@H](Cc1ccc(F)c(C)c1)C(=O)O. The van der Waals surface area contributed by atoms with E-state index in [1.165, 1.54) is 19.1 Å². The minimum Gasteiger partial charge on any atom is -0.480 e. The van der Waals surface area contributed by atoms with Gasteiger partial charge in [0, 0.05) is 13.3 Å². The van der Waals surface area contributed by atoms with E-state index in [1.54, 1.807) is 13.0 Å². The van der Waals surface area contributed by atoms with Crippen LogP contribution in [0.1, 0.15) is 18.1 Å². The maximum absolute atomic E-state index is 13.0. The van der Waals surface area contributed by atoms with Crippen molar-refractivity contribution in [3.8, 4) is 0 Å². The molecule has 2 N–H and O–H groups in total. The highest BCUT2D eigenvalue weighted by molar-refractivity contribution is 5.82. The highest BCUT2D eigenvalue weighted by atomic mass is 19.1. The number of carboxylic acid groups (broad SMARTS) is 1. The number of hydrogen-bond acceptors (Lipinski definition) is 2. The lowest BCUT2D eigenvalue weighted by Gasteiger charge is -2.13. The van der Waals surface area contributed by atoms with Crippen molar-refractivity contribution in [2.75, 3.05) is 0 Å². The molecule has 0 aromatic heterocycles. The molecule has 17 heavy (non-hydrogen) atoms. The molecular formula is C12H14FNO3. The van der Waals surface area contributed by atoms with Crippen molar-refractivity contribution in [2.24, 2.45) is 0 Å². The van der Waals surface area contributed by atoms with Gasteiger partial charge in [0.1, 0.15) is 11.9 Å². The van der Waals surface area contributed by atoms with E-state index in [4.69, 9.17) is 5.11 Å². The topological polar surface area (TPSA) is 66.4 Å². The molecule has 0 saturated heterocycles. The van der Waals surface area contributed by atoms with Crippen LogP contribution in [0.15, 0.2) is 18.2 Å². The normalized spacial score (nSPS) is 11.9. The van der Waals surface area contributed by atoms with Gasteiger partial charge in [0.2, 0.25) is 5.91 Å². The minimum absolute atomic E-state index is 0.135. The number of amides is 1. The number of carbonyl (C=O) groups excluding carboxylic acids is 1. The molecular weight excluding hydrogens is 225 g/mol. The average molecular weight is 239 g/mol. The molecule has 1 atom stereocenters. The predicted octanol–water partition coefficient (Wildman–Crippen LogP) is 1.27. The van der Waals surface area contributed by atoms with Crippen molar-refractivity contribution in [1.82, 2.24) is 5.32 Å². The summed E-state index contributed by atoms with van der Waals surface area (Å²) in [4.78, 5) is 21.7. The van der Waals surface area contributed by atoms with Crippen LogP contribution in [-0.4, -0.2) is 23.0 Å². The van der Waals surface area contributed by atoms with E-state index in [-0.39, 0.29) is 12.2 Å². The van der Waals surface area contributed by atoms with Crippen LogP contribution in [0.3, 0.4) is 0 Å². The molecule has 0 bridgehead atoms. The molecule has 1 rings (SSSR count). The van der Waals surface area contributed by atoms with Crippen molar-refractivity contribution in [3.63, 3.8) is 0 Å². The number of aliphatic carboxylic acids is 1. The van der Waals surface area contributed by atoms with E-state index in [1.807, 2.05) is 0 Å². The monoisotopic (exact) mass is 239 g/mol. The Labute approximate surface area is 98.5 Å². The molecule has 5 heteroatoms. The molecule has 92 valence electrons. The maximum atomic E-state index is 13.0. The zero-order valence-corrected chi connectivity index (χ0v) is 9.66. The van der Waals surface area contributed by atoms with E-state index >= 15 is 0 Å².